The van der Waals surface area contributed by atoms with Crippen LogP contribution in [0.1, 0.15) is 38.2 Å². The lowest BCUT2D eigenvalue weighted by atomic mass is 10.0. The van der Waals surface area contributed by atoms with Crippen molar-refractivity contribution < 1.29 is 4.79 Å². The Morgan fingerprint density at radius 1 is 1.55 bits per heavy atom. The van der Waals surface area contributed by atoms with Crippen LogP contribution in [0.2, 0.25) is 0 Å². The fourth-order valence-corrected chi connectivity index (χ4v) is 2.71. The van der Waals surface area contributed by atoms with Crippen molar-refractivity contribution in [2.75, 3.05) is 18.0 Å². The lowest BCUT2D eigenvalue weighted by Gasteiger charge is -2.35. The monoisotopic (exact) mass is 276 g/mol. The topological polar surface area (TPSA) is 71.2 Å². The number of carbonyl (C=O) groups is 1. The molecule has 1 atom stereocenters. The van der Waals surface area contributed by atoms with Crippen LogP contribution in [-0.2, 0) is 11.3 Å². The van der Waals surface area contributed by atoms with E-state index in [1.54, 1.807) is 6.20 Å². The molecule has 0 spiro atoms. The van der Waals surface area contributed by atoms with E-state index in [4.69, 9.17) is 5.73 Å². The highest BCUT2D eigenvalue weighted by atomic mass is 16.1. The summed E-state index contributed by atoms with van der Waals surface area (Å²) < 4.78 is 0. The van der Waals surface area contributed by atoms with Crippen LogP contribution in [0.4, 0.5) is 5.82 Å². The largest absolute Gasteiger partial charge is 0.368 e. The second kappa shape index (κ2) is 7.24. The number of rotatable bonds is 6. The molecule has 1 aliphatic heterocycles. The van der Waals surface area contributed by atoms with Gasteiger partial charge in [0.25, 0.3) is 0 Å². The van der Waals surface area contributed by atoms with Crippen molar-refractivity contribution in [2.45, 2.75) is 45.2 Å². The quantitative estimate of drug-likeness (QED) is 0.771. The SMILES string of the molecule is CCCNCc1cccnc1N1CCCCC1C(N)=O. The highest BCUT2D eigenvalue weighted by Gasteiger charge is 2.29. The van der Waals surface area contributed by atoms with Gasteiger partial charge in [-0.1, -0.05) is 13.0 Å². The van der Waals surface area contributed by atoms with Crippen molar-refractivity contribution in [1.29, 1.82) is 0 Å². The van der Waals surface area contributed by atoms with Crippen molar-refractivity contribution in [1.82, 2.24) is 10.3 Å². The Kier molecular flexibility index (Phi) is 5.35. The summed E-state index contributed by atoms with van der Waals surface area (Å²) in [4.78, 5) is 18.2. The second-order valence-corrected chi connectivity index (χ2v) is 5.27. The van der Waals surface area contributed by atoms with Gasteiger partial charge in [0.2, 0.25) is 5.91 Å². The van der Waals surface area contributed by atoms with Crippen LogP contribution in [0, 0.1) is 0 Å². The van der Waals surface area contributed by atoms with Crippen molar-refractivity contribution >= 4 is 11.7 Å². The molecular weight excluding hydrogens is 252 g/mol. The number of aromatic nitrogens is 1. The van der Waals surface area contributed by atoms with Crippen molar-refractivity contribution in [3.63, 3.8) is 0 Å². The smallest absolute Gasteiger partial charge is 0.240 e. The van der Waals surface area contributed by atoms with Gasteiger partial charge in [-0.2, -0.15) is 0 Å². The number of anilines is 1. The summed E-state index contributed by atoms with van der Waals surface area (Å²) in [5, 5.41) is 3.39. The fourth-order valence-electron chi connectivity index (χ4n) is 2.71. The molecule has 0 aromatic carbocycles. The first-order chi connectivity index (χ1) is 9.74. The first kappa shape index (κ1) is 14.8. The van der Waals surface area contributed by atoms with Gasteiger partial charge in [-0.05, 0) is 38.3 Å². The van der Waals surface area contributed by atoms with Gasteiger partial charge in [0.1, 0.15) is 11.9 Å². The molecule has 1 saturated heterocycles. The van der Waals surface area contributed by atoms with Gasteiger partial charge < -0.3 is 16.0 Å². The van der Waals surface area contributed by atoms with E-state index < -0.39 is 0 Å². The van der Waals surface area contributed by atoms with Crippen molar-refractivity contribution in [3.05, 3.63) is 23.9 Å². The summed E-state index contributed by atoms with van der Waals surface area (Å²) in [5.41, 5.74) is 6.68. The van der Waals surface area contributed by atoms with E-state index in [-0.39, 0.29) is 11.9 Å². The molecule has 1 fully saturated rings. The van der Waals surface area contributed by atoms with Gasteiger partial charge in [0.15, 0.2) is 0 Å². The summed E-state index contributed by atoms with van der Waals surface area (Å²) in [6, 6.07) is 3.79. The Bertz CT molecular complexity index is 449. The zero-order valence-corrected chi connectivity index (χ0v) is 12.1. The molecule has 0 bridgehead atoms. The zero-order chi connectivity index (χ0) is 14.4. The zero-order valence-electron chi connectivity index (χ0n) is 12.1. The minimum atomic E-state index is -0.247. The minimum absolute atomic E-state index is 0.219. The Morgan fingerprint density at radius 3 is 3.15 bits per heavy atom. The number of hydrogen-bond donors (Lipinski definition) is 2. The molecular formula is C15H24N4O. The number of carbonyl (C=O) groups excluding carboxylic acids is 1. The van der Waals surface area contributed by atoms with Crippen LogP contribution < -0.4 is 16.0 Å². The number of nitrogens with two attached hydrogens (primary N) is 1. The molecule has 1 unspecified atom stereocenters. The number of primary amides is 1. The third-order valence-corrected chi connectivity index (χ3v) is 3.71. The number of pyridine rings is 1. The summed E-state index contributed by atoms with van der Waals surface area (Å²) in [6.07, 6.45) is 5.85. The minimum Gasteiger partial charge on any atom is -0.368 e. The predicted octanol–water partition coefficient (Wildman–Crippen LogP) is 1.43. The van der Waals surface area contributed by atoms with E-state index in [2.05, 4.69) is 28.2 Å². The Balaban J connectivity index is 2.19. The van der Waals surface area contributed by atoms with Gasteiger partial charge >= 0.3 is 0 Å². The highest BCUT2D eigenvalue weighted by molar-refractivity contribution is 5.83. The molecule has 1 aromatic heterocycles. The molecule has 0 saturated carbocycles. The average Bonchev–Trinajstić information content (AvgIpc) is 2.48. The standard InChI is InChI=1S/C15H24N4O/c1-2-8-17-11-12-6-5-9-18-15(12)19-10-4-3-7-13(19)14(16)20/h5-6,9,13,17H,2-4,7-8,10-11H2,1H3,(H2,16,20). The lowest BCUT2D eigenvalue weighted by molar-refractivity contribution is -0.119. The number of piperidine rings is 1. The molecule has 5 heteroatoms. The molecule has 2 rings (SSSR count). The van der Waals surface area contributed by atoms with E-state index in [0.29, 0.717) is 0 Å². The van der Waals surface area contributed by atoms with Crippen LogP contribution in [0.15, 0.2) is 18.3 Å². The fraction of sp³-hybridized carbons (Fsp3) is 0.600. The van der Waals surface area contributed by atoms with Crippen molar-refractivity contribution in [3.8, 4) is 0 Å². The van der Waals surface area contributed by atoms with Crippen LogP contribution in [-0.4, -0.2) is 30.0 Å². The summed E-state index contributed by atoms with van der Waals surface area (Å²) >= 11 is 0. The maximum atomic E-state index is 11.6. The summed E-state index contributed by atoms with van der Waals surface area (Å²) in [7, 11) is 0. The molecule has 110 valence electrons. The number of hydrogen-bond acceptors (Lipinski definition) is 4. The van der Waals surface area contributed by atoms with Gasteiger partial charge in [-0.25, -0.2) is 4.98 Å². The third kappa shape index (κ3) is 3.48. The number of nitrogens with one attached hydrogen (secondary N) is 1. The summed E-state index contributed by atoms with van der Waals surface area (Å²) in [6.45, 7) is 4.75. The highest BCUT2D eigenvalue weighted by Crippen LogP contribution is 2.25. The molecule has 0 radical (unpaired) electrons. The average molecular weight is 276 g/mol. The third-order valence-electron chi connectivity index (χ3n) is 3.71. The molecule has 5 nitrogen and oxygen atoms in total. The number of amides is 1. The van der Waals surface area contributed by atoms with E-state index in [1.165, 1.54) is 0 Å². The lowest BCUT2D eigenvalue weighted by Crippen LogP contribution is -2.48. The van der Waals surface area contributed by atoms with E-state index in [0.717, 1.165) is 56.7 Å². The van der Waals surface area contributed by atoms with E-state index in [9.17, 15) is 4.79 Å². The molecule has 2 heterocycles. The molecule has 1 aliphatic rings. The van der Waals surface area contributed by atoms with Gasteiger partial charge in [0, 0.05) is 24.8 Å². The summed E-state index contributed by atoms with van der Waals surface area (Å²) in [5.74, 6) is 0.655. The first-order valence-electron chi connectivity index (χ1n) is 7.44. The van der Waals surface area contributed by atoms with Crippen LogP contribution in [0.25, 0.3) is 0 Å². The maximum Gasteiger partial charge on any atom is 0.240 e. The molecule has 1 amide bonds. The molecule has 20 heavy (non-hydrogen) atoms. The van der Waals surface area contributed by atoms with E-state index >= 15 is 0 Å². The van der Waals surface area contributed by atoms with E-state index in [1.807, 2.05) is 6.07 Å². The number of nitrogens with zero attached hydrogens (tertiary/aromatic N) is 2. The normalized spacial score (nSPS) is 19.1. The Hall–Kier alpha value is -1.62. The maximum absolute atomic E-state index is 11.6. The van der Waals surface area contributed by atoms with Gasteiger partial charge in [-0.3, -0.25) is 4.79 Å². The second-order valence-electron chi connectivity index (χ2n) is 5.27. The molecule has 3 N–H and O–H groups in total. The molecule has 0 aliphatic carbocycles. The van der Waals surface area contributed by atoms with Crippen molar-refractivity contribution in [2.24, 2.45) is 5.73 Å². The van der Waals surface area contributed by atoms with Crippen LogP contribution in [0.3, 0.4) is 0 Å². The van der Waals surface area contributed by atoms with Crippen LogP contribution >= 0.6 is 0 Å². The van der Waals surface area contributed by atoms with Crippen LogP contribution in [0.5, 0.6) is 0 Å². The molecule has 1 aromatic rings. The van der Waals surface area contributed by atoms with Gasteiger partial charge in [-0.15, -0.1) is 0 Å². The Labute approximate surface area is 120 Å². The predicted molar refractivity (Wildman–Crippen MR) is 80.4 cm³/mol. The Morgan fingerprint density at radius 2 is 2.40 bits per heavy atom. The van der Waals surface area contributed by atoms with Gasteiger partial charge in [0.05, 0.1) is 0 Å². The first-order valence-corrected chi connectivity index (χ1v) is 7.44.